The van der Waals surface area contributed by atoms with Crippen LogP contribution >= 0.6 is 22.6 Å². The largest absolute Gasteiger partial charge is 0.466 e. The Hall–Kier alpha value is -1.43. The van der Waals surface area contributed by atoms with Crippen LogP contribution in [-0.2, 0) is 16.0 Å². The normalized spacial score (nSPS) is 10.1. The van der Waals surface area contributed by atoms with Crippen LogP contribution in [0.15, 0.2) is 12.1 Å². The monoisotopic (exact) mass is 381 g/mol. The zero-order valence-corrected chi connectivity index (χ0v) is 12.1. The molecule has 0 heterocycles. The van der Waals surface area contributed by atoms with Crippen LogP contribution in [0.1, 0.15) is 18.1 Å². The lowest BCUT2D eigenvalue weighted by Crippen LogP contribution is -2.11. The predicted molar refractivity (Wildman–Crippen MR) is 70.8 cm³/mol. The van der Waals surface area contributed by atoms with Gasteiger partial charge in [0.2, 0.25) is 0 Å². The molecule has 0 aromatic heterocycles. The molecular formula is C12H10F2INO3. The van der Waals surface area contributed by atoms with Crippen molar-refractivity contribution in [2.24, 2.45) is 0 Å². The molecule has 0 aliphatic carbocycles. The van der Waals surface area contributed by atoms with Crippen LogP contribution in [0, 0.1) is 14.9 Å². The SMILES string of the molecule is CCOC(=O)Cc1c(C#N)ccc(OC(F)F)c1I. The van der Waals surface area contributed by atoms with Gasteiger partial charge in [0.1, 0.15) is 5.75 Å². The molecule has 0 fully saturated rings. The number of benzene rings is 1. The number of alkyl halides is 2. The lowest BCUT2D eigenvalue weighted by Gasteiger charge is -2.12. The van der Waals surface area contributed by atoms with Crippen molar-refractivity contribution in [1.82, 2.24) is 0 Å². The quantitative estimate of drug-likeness (QED) is 0.582. The summed E-state index contributed by atoms with van der Waals surface area (Å²) in [5.74, 6) is -0.583. The van der Waals surface area contributed by atoms with Crippen molar-refractivity contribution >= 4 is 28.6 Å². The van der Waals surface area contributed by atoms with Gasteiger partial charge in [0, 0.05) is 0 Å². The van der Waals surface area contributed by atoms with Gasteiger partial charge in [-0.2, -0.15) is 14.0 Å². The van der Waals surface area contributed by atoms with Crippen molar-refractivity contribution in [3.63, 3.8) is 0 Å². The fourth-order valence-corrected chi connectivity index (χ4v) is 2.21. The molecule has 0 unspecified atom stereocenters. The highest BCUT2D eigenvalue weighted by atomic mass is 127. The van der Waals surface area contributed by atoms with Gasteiger partial charge in [0.15, 0.2) is 0 Å². The van der Waals surface area contributed by atoms with E-state index in [9.17, 15) is 13.6 Å². The molecule has 19 heavy (non-hydrogen) atoms. The van der Waals surface area contributed by atoms with E-state index < -0.39 is 12.6 Å². The number of esters is 1. The maximum atomic E-state index is 12.2. The third-order valence-corrected chi connectivity index (χ3v) is 3.35. The van der Waals surface area contributed by atoms with Crippen molar-refractivity contribution in [2.75, 3.05) is 6.61 Å². The van der Waals surface area contributed by atoms with E-state index in [1.54, 1.807) is 29.5 Å². The van der Waals surface area contributed by atoms with E-state index in [0.29, 0.717) is 9.13 Å². The highest BCUT2D eigenvalue weighted by molar-refractivity contribution is 14.1. The topological polar surface area (TPSA) is 59.3 Å². The minimum Gasteiger partial charge on any atom is -0.466 e. The molecule has 0 saturated heterocycles. The molecular weight excluding hydrogens is 371 g/mol. The van der Waals surface area contributed by atoms with Crippen LogP contribution in [-0.4, -0.2) is 19.2 Å². The summed E-state index contributed by atoms with van der Waals surface area (Å²) in [5, 5.41) is 8.96. The first kappa shape index (κ1) is 15.6. The van der Waals surface area contributed by atoms with Gasteiger partial charge in [-0.25, -0.2) is 0 Å². The Morgan fingerprint density at radius 2 is 2.21 bits per heavy atom. The number of rotatable bonds is 5. The van der Waals surface area contributed by atoms with Crippen LogP contribution < -0.4 is 4.74 Å². The zero-order valence-electron chi connectivity index (χ0n) is 9.95. The lowest BCUT2D eigenvalue weighted by atomic mass is 10.1. The second-order valence-corrected chi connectivity index (χ2v) is 4.45. The summed E-state index contributed by atoms with van der Waals surface area (Å²) in [5.41, 5.74) is 0.568. The smallest absolute Gasteiger partial charge is 0.387 e. The first-order valence-corrected chi connectivity index (χ1v) is 6.39. The first-order valence-electron chi connectivity index (χ1n) is 5.31. The van der Waals surface area contributed by atoms with Crippen molar-refractivity contribution in [1.29, 1.82) is 5.26 Å². The number of carbonyl (C=O) groups excluding carboxylic acids is 1. The highest BCUT2D eigenvalue weighted by Gasteiger charge is 2.18. The molecule has 0 radical (unpaired) electrons. The van der Waals surface area contributed by atoms with Crippen molar-refractivity contribution < 1.29 is 23.0 Å². The number of hydrogen-bond acceptors (Lipinski definition) is 4. The van der Waals surface area contributed by atoms with Gasteiger partial charge in [-0.15, -0.1) is 0 Å². The van der Waals surface area contributed by atoms with Gasteiger partial charge >= 0.3 is 12.6 Å². The molecule has 0 amide bonds. The third kappa shape index (κ3) is 4.31. The molecule has 1 rings (SSSR count). The van der Waals surface area contributed by atoms with Crippen LogP contribution in [0.3, 0.4) is 0 Å². The summed E-state index contributed by atoms with van der Waals surface area (Å²) >= 11 is 1.77. The van der Waals surface area contributed by atoms with Gasteiger partial charge in [0.25, 0.3) is 0 Å². The number of hydrogen-bond donors (Lipinski definition) is 0. The molecule has 1 aromatic rings. The summed E-state index contributed by atoms with van der Waals surface area (Å²) in [4.78, 5) is 11.4. The maximum absolute atomic E-state index is 12.2. The average Bonchev–Trinajstić information content (AvgIpc) is 2.34. The minimum atomic E-state index is -2.96. The Labute approximate surface area is 122 Å². The van der Waals surface area contributed by atoms with Gasteiger partial charge in [-0.05, 0) is 47.2 Å². The maximum Gasteiger partial charge on any atom is 0.387 e. The molecule has 0 aliphatic heterocycles. The molecule has 0 atom stereocenters. The van der Waals surface area contributed by atoms with Crippen molar-refractivity contribution in [3.8, 4) is 11.8 Å². The van der Waals surface area contributed by atoms with Crippen LogP contribution in [0.4, 0.5) is 8.78 Å². The third-order valence-electron chi connectivity index (χ3n) is 2.17. The first-order chi connectivity index (χ1) is 8.99. The fourth-order valence-electron chi connectivity index (χ4n) is 1.42. The zero-order chi connectivity index (χ0) is 14.4. The molecule has 0 saturated carbocycles. The number of ether oxygens (including phenoxy) is 2. The molecule has 4 nitrogen and oxygen atoms in total. The Morgan fingerprint density at radius 3 is 2.74 bits per heavy atom. The molecule has 0 spiro atoms. The van der Waals surface area contributed by atoms with Gasteiger partial charge in [-0.3, -0.25) is 4.79 Å². The predicted octanol–water partition coefficient (Wildman–Crippen LogP) is 2.87. The summed E-state index contributed by atoms with van der Waals surface area (Å²) in [6.07, 6.45) is -0.157. The Balaban J connectivity index is 3.11. The van der Waals surface area contributed by atoms with E-state index in [1.165, 1.54) is 12.1 Å². The Kier molecular flexibility index (Phi) is 5.95. The number of nitriles is 1. The molecule has 1 aromatic carbocycles. The summed E-state index contributed by atoms with van der Waals surface area (Å²) in [6.45, 7) is -1.09. The molecule has 102 valence electrons. The lowest BCUT2D eigenvalue weighted by molar-refractivity contribution is -0.142. The van der Waals surface area contributed by atoms with E-state index in [4.69, 9.17) is 10.00 Å². The highest BCUT2D eigenvalue weighted by Crippen LogP contribution is 2.29. The van der Waals surface area contributed by atoms with E-state index in [2.05, 4.69) is 4.74 Å². The van der Waals surface area contributed by atoms with Crippen LogP contribution in [0.25, 0.3) is 0 Å². The molecule has 0 N–H and O–H groups in total. The van der Waals surface area contributed by atoms with Gasteiger partial charge < -0.3 is 9.47 Å². The number of halogens is 3. The van der Waals surface area contributed by atoms with Gasteiger partial charge in [-0.1, -0.05) is 0 Å². The molecule has 7 heteroatoms. The number of nitrogens with zero attached hydrogens (tertiary/aromatic N) is 1. The average molecular weight is 381 g/mol. The van der Waals surface area contributed by atoms with E-state index in [0.717, 1.165) is 0 Å². The summed E-state index contributed by atoms with van der Waals surface area (Å²) in [6, 6.07) is 4.53. The molecule has 0 bridgehead atoms. The second-order valence-electron chi connectivity index (χ2n) is 3.38. The summed E-state index contributed by atoms with van der Waals surface area (Å²) < 4.78 is 33.8. The molecule has 0 aliphatic rings. The van der Waals surface area contributed by atoms with Crippen molar-refractivity contribution in [2.45, 2.75) is 20.0 Å². The Morgan fingerprint density at radius 1 is 1.53 bits per heavy atom. The van der Waals surface area contributed by atoms with E-state index in [-0.39, 0.29) is 24.3 Å². The standard InChI is InChI=1S/C12H10F2INO3/c1-2-18-10(17)5-8-7(6-16)3-4-9(11(8)15)19-12(13)14/h3-4,12H,2,5H2,1H3. The van der Waals surface area contributed by atoms with E-state index in [1.807, 2.05) is 6.07 Å². The number of carbonyl (C=O) groups is 1. The second kappa shape index (κ2) is 7.23. The fraction of sp³-hybridized carbons (Fsp3) is 0.333. The van der Waals surface area contributed by atoms with E-state index >= 15 is 0 Å². The van der Waals surface area contributed by atoms with Crippen LogP contribution in [0.2, 0.25) is 0 Å². The minimum absolute atomic E-state index is 0.0612. The van der Waals surface area contributed by atoms with Crippen molar-refractivity contribution in [3.05, 3.63) is 26.8 Å². The van der Waals surface area contributed by atoms with Gasteiger partial charge in [0.05, 0.1) is 28.2 Å². The summed E-state index contributed by atoms with van der Waals surface area (Å²) in [7, 11) is 0. The van der Waals surface area contributed by atoms with Crippen LogP contribution in [0.5, 0.6) is 5.75 Å². The Bertz CT molecular complexity index is 514.